The first-order valence-electron chi connectivity index (χ1n) is 10.2. The largest absolute Gasteiger partial charge is 0.378 e. The van der Waals surface area contributed by atoms with E-state index in [2.05, 4.69) is 11.4 Å². The van der Waals surface area contributed by atoms with Crippen molar-refractivity contribution in [2.45, 2.75) is 70.4 Å². The SMILES string of the molecule is O=C1CCc2cc(CNC(=O)C3CCC(OCC4CCC4)CC3)ccc21. The van der Waals surface area contributed by atoms with Crippen molar-refractivity contribution in [1.29, 1.82) is 0 Å². The molecule has 0 saturated heterocycles. The van der Waals surface area contributed by atoms with Gasteiger partial charge in [-0.15, -0.1) is 0 Å². The number of ether oxygens (including phenoxy) is 1. The summed E-state index contributed by atoms with van der Waals surface area (Å²) in [4.78, 5) is 24.2. The van der Waals surface area contributed by atoms with Gasteiger partial charge >= 0.3 is 0 Å². The second-order valence-corrected chi connectivity index (χ2v) is 8.24. The third kappa shape index (κ3) is 4.01. The first kappa shape index (κ1) is 17.7. The maximum Gasteiger partial charge on any atom is 0.223 e. The lowest BCUT2D eigenvalue weighted by Gasteiger charge is -2.31. The van der Waals surface area contributed by atoms with E-state index >= 15 is 0 Å². The number of benzene rings is 1. The fourth-order valence-corrected chi connectivity index (χ4v) is 4.38. The van der Waals surface area contributed by atoms with Gasteiger partial charge in [0.2, 0.25) is 5.91 Å². The lowest BCUT2D eigenvalue weighted by Crippen LogP contribution is -2.35. The zero-order chi connectivity index (χ0) is 17.9. The average Bonchev–Trinajstić information content (AvgIpc) is 2.99. The Morgan fingerprint density at radius 1 is 1.08 bits per heavy atom. The third-order valence-corrected chi connectivity index (χ3v) is 6.40. The van der Waals surface area contributed by atoms with Crippen LogP contribution < -0.4 is 5.32 Å². The van der Waals surface area contributed by atoms with Crippen molar-refractivity contribution < 1.29 is 14.3 Å². The van der Waals surface area contributed by atoms with Crippen LogP contribution in [-0.2, 0) is 22.5 Å². The molecule has 0 radical (unpaired) electrons. The predicted octanol–water partition coefficient (Wildman–Crippen LogP) is 3.81. The highest BCUT2D eigenvalue weighted by Gasteiger charge is 2.28. The second kappa shape index (κ2) is 7.91. The lowest BCUT2D eigenvalue weighted by molar-refractivity contribution is -0.127. The summed E-state index contributed by atoms with van der Waals surface area (Å²) in [6, 6.07) is 5.95. The van der Waals surface area contributed by atoms with Crippen LogP contribution in [0.5, 0.6) is 0 Å². The highest BCUT2D eigenvalue weighted by molar-refractivity contribution is 6.00. The Hall–Kier alpha value is -1.68. The van der Waals surface area contributed by atoms with E-state index in [1.54, 1.807) is 0 Å². The number of rotatable bonds is 6. The highest BCUT2D eigenvalue weighted by Crippen LogP contribution is 2.30. The van der Waals surface area contributed by atoms with E-state index in [-0.39, 0.29) is 17.6 Å². The molecule has 4 rings (SSSR count). The molecule has 2 saturated carbocycles. The summed E-state index contributed by atoms with van der Waals surface area (Å²) in [6.45, 7) is 1.47. The molecule has 1 aromatic carbocycles. The zero-order valence-electron chi connectivity index (χ0n) is 15.5. The minimum atomic E-state index is 0.120. The highest BCUT2D eigenvalue weighted by atomic mass is 16.5. The topological polar surface area (TPSA) is 55.4 Å². The predicted molar refractivity (Wildman–Crippen MR) is 100.0 cm³/mol. The van der Waals surface area contributed by atoms with E-state index < -0.39 is 0 Å². The van der Waals surface area contributed by atoms with Crippen molar-refractivity contribution in [2.24, 2.45) is 11.8 Å². The molecule has 0 aromatic heterocycles. The minimum Gasteiger partial charge on any atom is -0.378 e. The smallest absolute Gasteiger partial charge is 0.223 e. The molecular formula is C22H29NO3. The Labute approximate surface area is 155 Å². The zero-order valence-corrected chi connectivity index (χ0v) is 15.5. The first-order valence-corrected chi connectivity index (χ1v) is 10.2. The summed E-state index contributed by atoms with van der Waals surface area (Å²) < 4.78 is 6.04. The Kier molecular flexibility index (Phi) is 5.39. The lowest BCUT2D eigenvalue weighted by atomic mass is 9.85. The van der Waals surface area contributed by atoms with Crippen LogP contribution in [0.25, 0.3) is 0 Å². The number of carbonyl (C=O) groups is 2. The Morgan fingerprint density at radius 2 is 1.88 bits per heavy atom. The van der Waals surface area contributed by atoms with Crippen LogP contribution in [-0.4, -0.2) is 24.4 Å². The van der Waals surface area contributed by atoms with Gasteiger partial charge in [-0.2, -0.15) is 0 Å². The quantitative estimate of drug-likeness (QED) is 0.844. The number of fused-ring (bicyclic) bond motifs is 1. The molecule has 0 atom stereocenters. The maximum atomic E-state index is 12.5. The standard InChI is InChI=1S/C22H29NO3/c24-21-11-7-18-12-16(4-10-20(18)21)13-23-22(25)17-5-8-19(9-6-17)26-14-15-2-1-3-15/h4,10,12,15,17,19H,1-3,5-9,11,13-14H2,(H,23,25). The van der Waals surface area contributed by atoms with Crippen LogP contribution in [0.2, 0.25) is 0 Å². The molecule has 1 aromatic rings. The molecule has 140 valence electrons. The van der Waals surface area contributed by atoms with Gasteiger partial charge in [-0.25, -0.2) is 0 Å². The summed E-state index contributed by atoms with van der Waals surface area (Å²) in [7, 11) is 0. The normalized spacial score (nSPS) is 25.6. The number of Topliss-reactive ketones (excluding diaryl/α,β-unsaturated/α-hetero) is 1. The number of carbonyl (C=O) groups excluding carboxylic acids is 2. The van der Waals surface area contributed by atoms with Crippen molar-refractivity contribution in [3.63, 3.8) is 0 Å². The van der Waals surface area contributed by atoms with Gasteiger partial charge in [0.15, 0.2) is 5.78 Å². The second-order valence-electron chi connectivity index (χ2n) is 8.24. The molecule has 1 amide bonds. The molecule has 3 aliphatic rings. The van der Waals surface area contributed by atoms with Crippen LogP contribution in [0, 0.1) is 11.8 Å². The van der Waals surface area contributed by atoms with E-state index in [1.807, 2.05) is 12.1 Å². The van der Waals surface area contributed by atoms with Crippen molar-refractivity contribution in [3.8, 4) is 0 Å². The van der Waals surface area contributed by atoms with Crippen molar-refractivity contribution in [3.05, 3.63) is 34.9 Å². The minimum absolute atomic E-state index is 0.120. The van der Waals surface area contributed by atoms with Gasteiger partial charge in [-0.1, -0.05) is 24.6 Å². The van der Waals surface area contributed by atoms with Gasteiger partial charge in [0.1, 0.15) is 0 Å². The number of ketones is 1. The van der Waals surface area contributed by atoms with Gasteiger partial charge < -0.3 is 10.1 Å². The summed E-state index contributed by atoms with van der Waals surface area (Å²) >= 11 is 0. The Morgan fingerprint density at radius 3 is 2.62 bits per heavy atom. The molecule has 26 heavy (non-hydrogen) atoms. The fourth-order valence-electron chi connectivity index (χ4n) is 4.38. The molecule has 0 spiro atoms. The summed E-state index contributed by atoms with van der Waals surface area (Å²) in [5.41, 5.74) is 3.08. The monoisotopic (exact) mass is 355 g/mol. The van der Waals surface area contributed by atoms with Crippen LogP contribution in [0.1, 0.15) is 72.9 Å². The van der Waals surface area contributed by atoms with Crippen LogP contribution in [0.3, 0.4) is 0 Å². The van der Waals surface area contributed by atoms with Crippen LogP contribution in [0.4, 0.5) is 0 Å². The number of amides is 1. The average molecular weight is 355 g/mol. The maximum absolute atomic E-state index is 12.5. The summed E-state index contributed by atoms with van der Waals surface area (Å²) in [6.07, 6.45) is 9.70. The van der Waals surface area contributed by atoms with Crippen LogP contribution in [0.15, 0.2) is 18.2 Å². The number of aryl methyl sites for hydroxylation is 1. The van der Waals surface area contributed by atoms with E-state index in [0.29, 0.717) is 19.1 Å². The van der Waals surface area contributed by atoms with E-state index in [4.69, 9.17) is 4.74 Å². The molecule has 0 unspecified atom stereocenters. The molecule has 4 heteroatoms. The third-order valence-electron chi connectivity index (χ3n) is 6.40. The van der Waals surface area contributed by atoms with E-state index in [1.165, 1.54) is 19.3 Å². The number of hydrogen-bond donors (Lipinski definition) is 1. The molecule has 3 aliphatic carbocycles. The van der Waals surface area contributed by atoms with Gasteiger partial charge in [-0.3, -0.25) is 9.59 Å². The van der Waals surface area contributed by atoms with Crippen molar-refractivity contribution in [1.82, 2.24) is 5.32 Å². The van der Waals surface area contributed by atoms with Gasteiger partial charge in [0.05, 0.1) is 6.10 Å². The van der Waals surface area contributed by atoms with Gasteiger partial charge in [0, 0.05) is 31.1 Å². The Bertz CT molecular complexity index is 672. The van der Waals surface area contributed by atoms with E-state index in [0.717, 1.165) is 61.3 Å². The molecule has 0 bridgehead atoms. The van der Waals surface area contributed by atoms with Crippen LogP contribution >= 0.6 is 0 Å². The van der Waals surface area contributed by atoms with Gasteiger partial charge in [0.25, 0.3) is 0 Å². The summed E-state index contributed by atoms with van der Waals surface area (Å²) in [5, 5.41) is 3.09. The van der Waals surface area contributed by atoms with Gasteiger partial charge in [-0.05, 0) is 62.0 Å². The molecular weight excluding hydrogens is 326 g/mol. The van der Waals surface area contributed by atoms with E-state index in [9.17, 15) is 9.59 Å². The number of hydrogen-bond acceptors (Lipinski definition) is 3. The molecule has 0 heterocycles. The van der Waals surface area contributed by atoms with Crippen molar-refractivity contribution >= 4 is 11.7 Å². The first-order chi connectivity index (χ1) is 12.7. The molecule has 0 aliphatic heterocycles. The molecule has 4 nitrogen and oxygen atoms in total. The molecule has 2 fully saturated rings. The summed E-state index contributed by atoms with van der Waals surface area (Å²) in [5.74, 6) is 1.32. The fraction of sp³-hybridized carbons (Fsp3) is 0.636. The Balaban J connectivity index is 1.20. The number of nitrogens with one attached hydrogen (secondary N) is 1. The van der Waals surface area contributed by atoms with Crippen molar-refractivity contribution in [2.75, 3.05) is 6.61 Å². The molecule has 1 N–H and O–H groups in total.